The van der Waals surface area contributed by atoms with Crippen molar-refractivity contribution in [3.05, 3.63) is 69.4 Å². The summed E-state index contributed by atoms with van der Waals surface area (Å²) in [6.07, 6.45) is 0. The van der Waals surface area contributed by atoms with E-state index in [-0.39, 0.29) is 6.61 Å². The third kappa shape index (κ3) is 2.63. The molecule has 2 aromatic heterocycles. The molecule has 4 rings (SSSR count). The van der Waals surface area contributed by atoms with Crippen LogP contribution in [0.5, 0.6) is 5.75 Å². The average Bonchev–Trinajstić information content (AvgIpc) is 2.96. The van der Waals surface area contributed by atoms with Crippen LogP contribution in [0.15, 0.2) is 56.1 Å². The number of aromatic nitrogens is 1. The van der Waals surface area contributed by atoms with Gasteiger partial charge in [0.25, 0.3) is 0 Å². The van der Waals surface area contributed by atoms with Gasteiger partial charge in [-0.1, -0.05) is 23.7 Å². The third-order valence-electron chi connectivity index (χ3n) is 3.69. The number of aryl methyl sites for hydroxylation is 1. The molecular weight excluding hydrogens is 330 g/mol. The monoisotopic (exact) mass is 341 g/mol. The molecule has 5 nitrogen and oxygen atoms in total. The number of hydrogen-bond acceptors (Lipinski definition) is 5. The molecule has 0 aliphatic carbocycles. The minimum Gasteiger partial charge on any atom is -0.482 e. The van der Waals surface area contributed by atoms with Crippen molar-refractivity contribution in [3.8, 4) is 5.75 Å². The Labute approximate surface area is 141 Å². The van der Waals surface area contributed by atoms with Crippen molar-refractivity contribution in [2.45, 2.75) is 13.5 Å². The first-order valence-corrected chi connectivity index (χ1v) is 7.69. The molecule has 0 atom stereocenters. The summed E-state index contributed by atoms with van der Waals surface area (Å²) >= 11 is 6.26. The number of nitrogens with zero attached hydrogens (tertiary/aromatic N) is 1. The average molecular weight is 342 g/mol. The predicted octanol–water partition coefficient (Wildman–Crippen LogP) is 4.48. The van der Waals surface area contributed by atoms with Gasteiger partial charge >= 0.3 is 5.63 Å². The van der Waals surface area contributed by atoms with Crippen molar-refractivity contribution in [3.63, 3.8) is 0 Å². The van der Waals surface area contributed by atoms with Crippen molar-refractivity contribution < 1.29 is 13.6 Å². The van der Waals surface area contributed by atoms with E-state index in [1.807, 2.05) is 31.2 Å². The van der Waals surface area contributed by atoms with Gasteiger partial charge in [0.1, 0.15) is 16.8 Å². The summed E-state index contributed by atoms with van der Waals surface area (Å²) in [4.78, 5) is 15.9. The molecule has 0 N–H and O–H groups in total. The predicted molar refractivity (Wildman–Crippen MR) is 90.6 cm³/mol. The van der Waals surface area contributed by atoms with Crippen LogP contribution in [0.1, 0.15) is 11.5 Å². The van der Waals surface area contributed by atoms with Gasteiger partial charge in [-0.2, -0.15) is 0 Å². The minimum absolute atomic E-state index is 0.121. The Morgan fingerprint density at radius 3 is 2.79 bits per heavy atom. The molecule has 0 fully saturated rings. The van der Waals surface area contributed by atoms with Gasteiger partial charge in [-0.15, -0.1) is 0 Å². The first-order chi connectivity index (χ1) is 11.6. The smallest absolute Gasteiger partial charge is 0.336 e. The Morgan fingerprint density at radius 1 is 1.12 bits per heavy atom. The molecule has 0 radical (unpaired) electrons. The number of benzene rings is 2. The lowest BCUT2D eigenvalue weighted by Gasteiger charge is -2.08. The van der Waals surface area contributed by atoms with Gasteiger partial charge < -0.3 is 13.6 Å². The molecule has 0 saturated heterocycles. The lowest BCUT2D eigenvalue weighted by atomic mass is 10.1. The van der Waals surface area contributed by atoms with Crippen LogP contribution in [0, 0.1) is 6.92 Å². The molecule has 0 bridgehead atoms. The summed E-state index contributed by atoms with van der Waals surface area (Å²) in [7, 11) is 0. The summed E-state index contributed by atoms with van der Waals surface area (Å²) < 4.78 is 16.5. The number of para-hydroxylation sites is 2. The van der Waals surface area contributed by atoms with Gasteiger partial charge in [-0.25, -0.2) is 9.78 Å². The molecule has 6 heteroatoms. The number of oxazole rings is 1. The van der Waals surface area contributed by atoms with E-state index in [0.717, 1.165) is 16.5 Å². The Hall–Kier alpha value is -2.79. The van der Waals surface area contributed by atoms with E-state index in [1.54, 1.807) is 12.1 Å². The van der Waals surface area contributed by atoms with Crippen molar-refractivity contribution in [2.24, 2.45) is 0 Å². The highest BCUT2D eigenvalue weighted by Crippen LogP contribution is 2.31. The maximum absolute atomic E-state index is 11.5. The van der Waals surface area contributed by atoms with Crippen LogP contribution in [0.25, 0.3) is 22.1 Å². The lowest BCUT2D eigenvalue weighted by molar-refractivity contribution is 0.267. The van der Waals surface area contributed by atoms with Crippen LogP contribution in [0.4, 0.5) is 0 Å². The Bertz CT molecular complexity index is 1080. The third-order valence-corrected chi connectivity index (χ3v) is 3.99. The largest absolute Gasteiger partial charge is 0.482 e. The van der Waals surface area contributed by atoms with Crippen LogP contribution >= 0.6 is 11.6 Å². The van der Waals surface area contributed by atoms with Gasteiger partial charge in [0.05, 0.1) is 5.02 Å². The molecule has 2 aromatic carbocycles. The van der Waals surface area contributed by atoms with Crippen LogP contribution in [-0.2, 0) is 6.61 Å². The fraction of sp³-hybridized carbons (Fsp3) is 0.111. The SMILES string of the molecule is Cc1cc(=O)oc2cc(OCc3nc4ccccc4o3)c(Cl)cc12. The van der Waals surface area contributed by atoms with Crippen molar-refractivity contribution in [1.29, 1.82) is 0 Å². The first-order valence-electron chi connectivity index (χ1n) is 7.31. The normalized spacial score (nSPS) is 11.2. The highest BCUT2D eigenvalue weighted by atomic mass is 35.5. The van der Waals surface area contributed by atoms with E-state index < -0.39 is 5.63 Å². The number of ether oxygens (including phenoxy) is 1. The second kappa shape index (κ2) is 5.69. The molecule has 2 heterocycles. The van der Waals surface area contributed by atoms with Crippen LogP contribution in [-0.4, -0.2) is 4.98 Å². The Kier molecular flexibility index (Phi) is 3.50. The summed E-state index contributed by atoms with van der Waals surface area (Å²) in [5.41, 5.74) is 2.28. The summed E-state index contributed by atoms with van der Waals surface area (Å²) in [6.45, 7) is 1.95. The molecule has 120 valence electrons. The van der Waals surface area contributed by atoms with E-state index in [2.05, 4.69) is 4.98 Å². The van der Waals surface area contributed by atoms with Gasteiger partial charge in [-0.05, 0) is 30.7 Å². The lowest BCUT2D eigenvalue weighted by Crippen LogP contribution is -2.00. The van der Waals surface area contributed by atoms with Crippen molar-refractivity contribution >= 4 is 33.7 Å². The second-order valence-electron chi connectivity index (χ2n) is 5.39. The topological polar surface area (TPSA) is 65.5 Å². The molecule has 0 aliphatic rings. The summed E-state index contributed by atoms with van der Waals surface area (Å²) in [5, 5.41) is 1.20. The fourth-order valence-electron chi connectivity index (χ4n) is 2.55. The summed E-state index contributed by atoms with van der Waals surface area (Å²) in [6, 6.07) is 12.2. The molecular formula is C18H12ClNO4. The Balaban J connectivity index is 1.66. The van der Waals surface area contributed by atoms with Crippen LogP contribution in [0.2, 0.25) is 5.02 Å². The zero-order valence-corrected chi connectivity index (χ0v) is 13.5. The number of fused-ring (bicyclic) bond motifs is 2. The van der Waals surface area contributed by atoms with Crippen LogP contribution < -0.4 is 10.4 Å². The molecule has 24 heavy (non-hydrogen) atoms. The first kappa shape index (κ1) is 14.8. The molecule has 0 aliphatic heterocycles. The van der Waals surface area contributed by atoms with E-state index in [4.69, 9.17) is 25.2 Å². The van der Waals surface area contributed by atoms with Gasteiger partial charge in [0, 0.05) is 17.5 Å². The molecule has 4 aromatic rings. The zero-order chi connectivity index (χ0) is 16.7. The molecule has 0 amide bonds. The second-order valence-corrected chi connectivity index (χ2v) is 5.80. The highest BCUT2D eigenvalue weighted by molar-refractivity contribution is 6.32. The number of rotatable bonds is 3. The highest BCUT2D eigenvalue weighted by Gasteiger charge is 2.11. The molecule has 0 unspecified atom stereocenters. The minimum atomic E-state index is -0.410. The van der Waals surface area contributed by atoms with Crippen LogP contribution in [0.3, 0.4) is 0 Å². The molecule has 0 spiro atoms. The van der Waals surface area contributed by atoms with Gasteiger partial charge in [0.15, 0.2) is 12.2 Å². The Morgan fingerprint density at radius 2 is 1.96 bits per heavy atom. The van der Waals surface area contributed by atoms with E-state index in [9.17, 15) is 4.79 Å². The maximum Gasteiger partial charge on any atom is 0.336 e. The van der Waals surface area contributed by atoms with E-state index in [1.165, 1.54) is 6.07 Å². The van der Waals surface area contributed by atoms with Gasteiger partial charge in [-0.3, -0.25) is 0 Å². The van der Waals surface area contributed by atoms with Crippen molar-refractivity contribution in [2.75, 3.05) is 0 Å². The molecule has 0 saturated carbocycles. The zero-order valence-electron chi connectivity index (χ0n) is 12.7. The van der Waals surface area contributed by atoms with Crippen molar-refractivity contribution in [1.82, 2.24) is 4.98 Å². The number of halogens is 1. The number of hydrogen-bond donors (Lipinski definition) is 0. The maximum atomic E-state index is 11.5. The quantitative estimate of drug-likeness (QED) is 0.514. The van der Waals surface area contributed by atoms with Gasteiger partial charge in [0.2, 0.25) is 5.89 Å². The van der Waals surface area contributed by atoms with E-state index in [0.29, 0.717) is 27.8 Å². The summed E-state index contributed by atoms with van der Waals surface area (Å²) in [5.74, 6) is 0.846. The van der Waals surface area contributed by atoms with E-state index >= 15 is 0 Å². The fourth-order valence-corrected chi connectivity index (χ4v) is 2.77. The standard InChI is InChI=1S/C18H12ClNO4/c1-10-6-18(21)24-15-8-16(12(19)7-11(10)15)22-9-17-20-13-4-2-3-5-14(13)23-17/h2-8H,9H2,1H3.